The summed E-state index contributed by atoms with van der Waals surface area (Å²) in [4.78, 5) is 66.1. The van der Waals surface area contributed by atoms with E-state index < -0.39 is 18.1 Å². The first-order chi connectivity index (χ1) is 47.8. The highest BCUT2D eigenvalue weighted by Gasteiger charge is 2.33. The molecular weight excluding hydrogens is 1240 g/mol. The Morgan fingerprint density at radius 2 is 0.700 bits per heavy atom. The lowest BCUT2D eigenvalue weighted by atomic mass is 10.1. The molecule has 0 saturated heterocycles. The van der Waals surface area contributed by atoms with Crippen molar-refractivity contribution in [3.63, 3.8) is 0 Å². The Hall–Kier alpha value is -11.7. The lowest BCUT2D eigenvalue weighted by Crippen LogP contribution is -2.47. The summed E-state index contributed by atoms with van der Waals surface area (Å²) < 4.78 is 7.49. The van der Waals surface area contributed by atoms with Crippen LogP contribution in [-0.4, -0.2) is 95.7 Å². The topological polar surface area (TPSA) is 154 Å². The van der Waals surface area contributed by atoms with Crippen LogP contribution in [0.3, 0.4) is 0 Å². The summed E-state index contributed by atoms with van der Waals surface area (Å²) in [5.41, 5.74) is 14.8. The van der Waals surface area contributed by atoms with Gasteiger partial charge in [-0.25, -0.2) is 4.79 Å². The summed E-state index contributed by atoms with van der Waals surface area (Å²) in [5.74, 6) is -0.878. The fourth-order valence-electron chi connectivity index (χ4n) is 10.8. The number of carbonyl (C=O) groups is 5. The van der Waals surface area contributed by atoms with Gasteiger partial charge >= 0.3 is 5.97 Å². The van der Waals surface area contributed by atoms with Gasteiger partial charge in [0.15, 0.2) is 42.1 Å². The number of pyridine rings is 4. The molecule has 512 valence electrons. The summed E-state index contributed by atoms with van der Waals surface area (Å²) in [6.07, 6.45) is 24.0. The van der Waals surface area contributed by atoms with Crippen LogP contribution in [0.1, 0.15) is 97.4 Å². The van der Waals surface area contributed by atoms with Crippen molar-refractivity contribution in [1.82, 2.24) is 0 Å². The number of para-hydroxylation sites is 2. The third kappa shape index (κ3) is 23.3. The van der Waals surface area contributed by atoms with Crippen molar-refractivity contribution in [2.24, 2.45) is 0 Å². The number of aliphatic carboxylic acids is 1. The summed E-state index contributed by atoms with van der Waals surface area (Å²) in [6.45, 7) is 10.5. The number of rotatable bonds is 24. The molecule has 4 aromatic heterocycles. The molecule has 100 heavy (non-hydrogen) atoms. The summed E-state index contributed by atoms with van der Waals surface area (Å²) in [5, 5.41) is 21.6. The predicted octanol–water partition coefficient (Wildman–Crippen LogP) is 14.5. The summed E-state index contributed by atoms with van der Waals surface area (Å²) in [7, 11) is 16.1. The number of Topliss-reactive ketones (excluding diaryl/α,β-unsaturated/α-hetero) is 4. The monoisotopic (exact) mass is 1340 g/mol. The molecule has 6 aromatic carbocycles. The van der Waals surface area contributed by atoms with Crippen LogP contribution in [0.15, 0.2) is 231 Å². The number of hydrogen-bond donors (Lipinski definition) is 2. The van der Waals surface area contributed by atoms with Gasteiger partial charge in [0, 0.05) is 164 Å². The molecule has 15 nitrogen and oxygen atoms in total. The molecule has 15 heteroatoms. The number of allylic oxidation sites excluding steroid dienone is 1. The van der Waals surface area contributed by atoms with Gasteiger partial charge in [0.05, 0.1) is 12.8 Å². The number of carboxylic acids is 1. The highest BCUT2D eigenvalue weighted by molar-refractivity contribution is 5.84. The third-order valence-corrected chi connectivity index (χ3v) is 16.2. The smallest absolute Gasteiger partial charge is 0.373 e. The highest BCUT2D eigenvalue weighted by atomic mass is 16.4. The number of ketones is 4. The molecule has 0 spiro atoms. The Balaban J connectivity index is 0.000000188. The quantitative estimate of drug-likeness (QED) is 0.0439. The Morgan fingerprint density at radius 1 is 0.370 bits per heavy atom. The van der Waals surface area contributed by atoms with Crippen LogP contribution >= 0.6 is 0 Å². The molecule has 0 aliphatic rings. The minimum Gasteiger partial charge on any atom is -0.506 e. The number of hydrogen-bond acceptors (Lipinski definition) is 10. The molecule has 2 atom stereocenters. The highest BCUT2D eigenvalue weighted by Crippen LogP contribution is 2.22. The molecule has 0 radical (unpaired) electrons. The van der Waals surface area contributed by atoms with Crippen molar-refractivity contribution in [1.29, 1.82) is 0 Å². The van der Waals surface area contributed by atoms with E-state index in [0.717, 1.165) is 66.7 Å². The molecule has 0 amide bonds. The first kappa shape index (κ1) is 75.7. The van der Waals surface area contributed by atoms with Gasteiger partial charge in [0.25, 0.3) is 6.04 Å². The van der Waals surface area contributed by atoms with Gasteiger partial charge in [-0.15, -0.1) is 0 Å². The maximum atomic E-state index is 12.0. The van der Waals surface area contributed by atoms with E-state index >= 15 is 0 Å². The van der Waals surface area contributed by atoms with Gasteiger partial charge in [-0.3, -0.25) is 19.2 Å². The van der Waals surface area contributed by atoms with Crippen molar-refractivity contribution in [2.75, 3.05) is 76.0 Å². The molecule has 2 N–H and O–H groups in total. The number of aromatic nitrogens is 4. The first-order valence-corrected chi connectivity index (χ1v) is 33.1. The average Bonchev–Trinajstić information content (AvgIpc) is 0.789. The van der Waals surface area contributed by atoms with Gasteiger partial charge in [-0.1, -0.05) is 104 Å². The zero-order valence-corrected chi connectivity index (χ0v) is 59.6. The van der Waals surface area contributed by atoms with Gasteiger partial charge in [0.2, 0.25) is 41.6 Å². The molecule has 0 aliphatic carbocycles. The first-order valence-electron chi connectivity index (χ1n) is 33.1. The van der Waals surface area contributed by atoms with Crippen molar-refractivity contribution < 1.29 is 52.5 Å². The largest absolute Gasteiger partial charge is 0.506 e. The third-order valence-electron chi connectivity index (χ3n) is 16.2. The van der Waals surface area contributed by atoms with Crippen molar-refractivity contribution in [3.05, 3.63) is 276 Å². The Labute approximate surface area is 589 Å². The summed E-state index contributed by atoms with van der Waals surface area (Å²) >= 11 is 0. The van der Waals surface area contributed by atoms with Gasteiger partial charge in [-0.05, 0) is 132 Å². The SMILES string of the molecule is C=C(O)C(CC(C)=O)[n+]1ccc(/C=C/c2ccc(N(C)C)cc2)cc1.CC(=O)CC(C(=O)O)[n+]1c(/C=C/c2ccc(N(C)C)cc2)ccc2ccccc21.CC(=O)C[n+]1c(/C=C/c2ccc(N(C)C)cc2)ccc2ccccc21.CC(=O)C[n+]1ccc(/C=C/c2ccc(N(C)C)cc2)cc1. The molecule has 2 unspecified atom stereocenters. The van der Waals surface area contributed by atoms with E-state index in [1.54, 1.807) is 23.0 Å². The van der Waals surface area contributed by atoms with Crippen LogP contribution in [0.5, 0.6) is 0 Å². The van der Waals surface area contributed by atoms with Gasteiger partial charge < -0.3 is 29.8 Å². The Morgan fingerprint density at radius 3 is 1.07 bits per heavy atom. The second kappa shape index (κ2) is 37.1. The zero-order chi connectivity index (χ0) is 72.4. The normalized spacial score (nSPS) is 11.6. The minimum absolute atomic E-state index is 0.00975. The second-order valence-electron chi connectivity index (χ2n) is 25.3. The van der Waals surface area contributed by atoms with E-state index in [-0.39, 0.29) is 41.7 Å². The van der Waals surface area contributed by atoms with Crippen LogP contribution in [-0.2, 0) is 37.1 Å². The Bertz CT molecular complexity index is 4540. The van der Waals surface area contributed by atoms with E-state index in [2.05, 4.69) is 153 Å². The van der Waals surface area contributed by atoms with Gasteiger partial charge in [0.1, 0.15) is 11.6 Å². The Kier molecular flexibility index (Phi) is 28.1. The number of benzene rings is 6. The van der Waals surface area contributed by atoms with Crippen molar-refractivity contribution >= 4 is 122 Å². The number of carboxylic acid groups (broad SMARTS) is 1. The van der Waals surface area contributed by atoms with Crippen LogP contribution in [0.4, 0.5) is 22.7 Å². The molecule has 10 aromatic rings. The maximum Gasteiger partial charge on any atom is 0.373 e. The molecule has 4 heterocycles. The van der Waals surface area contributed by atoms with Crippen molar-refractivity contribution in [2.45, 2.75) is 65.7 Å². The van der Waals surface area contributed by atoms with Gasteiger partial charge in [-0.2, -0.15) is 18.3 Å². The standard InChI is InChI=1S/C24H24N2O3.C22H23N2O.C21H24N2O2.C18H21N2O/c1-17(27)16-23(24(28)29)26-21(15-11-19-6-4-5-7-22(19)26)14-10-18-8-12-20(13-9-18)25(2)3;1-17(25)16-24-21(15-11-19-6-4-5-7-22(19)24)14-10-18-8-12-20(13-9-18)23(2)3;1-16(24)15-21(17(2)25)23-13-11-19(12-14-23)6-5-18-7-9-20(10-8-18)22(3)4;1-15(21)14-20-12-10-17(11-13-20)5-4-16-6-8-18(9-7-16)19(2)3/h4-15,23H,16H2,1-3H3;4-15H,16H2,1-3H3;5-14,21H,2,15H2,1,3-4H3;4-13H,14H2,1-3H3/q;+1;;+1/p+2. The van der Waals surface area contributed by atoms with E-state index in [1.165, 1.54) is 36.5 Å². The van der Waals surface area contributed by atoms with E-state index in [1.807, 2.05) is 206 Å². The van der Waals surface area contributed by atoms with Crippen LogP contribution in [0.2, 0.25) is 0 Å². The minimum atomic E-state index is -1.02. The van der Waals surface area contributed by atoms with E-state index in [4.69, 9.17) is 0 Å². The molecule has 0 saturated carbocycles. The number of aliphatic hydroxyl groups is 1. The maximum absolute atomic E-state index is 12.0. The lowest BCUT2D eigenvalue weighted by Gasteiger charge is -2.12. The summed E-state index contributed by atoms with van der Waals surface area (Å²) in [6, 6.07) is 63.5. The molecular formula is C85H94N8O7+4. The molecule has 10 rings (SSSR count). The number of anilines is 4. The second-order valence-corrected chi connectivity index (χ2v) is 25.3. The van der Waals surface area contributed by atoms with Crippen molar-refractivity contribution in [3.8, 4) is 0 Å². The molecule has 0 fully saturated rings. The number of fused-ring (bicyclic) bond motifs is 2. The zero-order valence-electron chi connectivity index (χ0n) is 59.6. The fraction of sp³-hybridized carbons (Fsp3) is 0.212. The van der Waals surface area contributed by atoms with E-state index in [0.29, 0.717) is 13.1 Å². The van der Waals surface area contributed by atoms with Crippen LogP contribution in [0, 0.1) is 0 Å². The van der Waals surface area contributed by atoms with Crippen LogP contribution in [0.25, 0.3) is 70.4 Å². The fourth-order valence-corrected chi connectivity index (χ4v) is 10.8. The predicted molar refractivity (Wildman–Crippen MR) is 410 cm³/mol. The average molecular weight is 1340 g/mol. The number of nitrogens with zero attached hydrogens (tertiary/aromatic N) is 8. The van der Waals surface area contributed by atoms with Crippen LogP contribution < -0.4 is 37.9 Å². The lowest BCUT2D eigenvalue weighted by molar-refractivity contribution is -0.716. The van der Waals surface area contributed by atoms with E-state index in [9.17, 15) is 34.2 Å². The molecule has 0 bridgehead atoms. The number of aliphatic hydroxyl groups excluding tert-OH is 1. The molecule has 0 aliphatic heterocycles. The number of carbonyl (C=O) groups excluding carboxylic acids is 4.